The fraction of sp³-hybridized carbons (Fsp3) is 0.500. The summed E-state index contributed by atoms with van der Waals surface area (Å²) in [5, 5.41) is 2.39. The monoisotopic (exact) mass is 153 g/mol. The molecule has 0 aliphatic heterocycles. The molecule has 0 heterocycles. The third-order valence-corrected chi connectivity index (χ3v) is 1.34. The van der Waals surface area contributed by atoms with Gasteiger partial charge in [-0.1, -0.05) is 0 Å². The maximum absolute atomic E-state index is 10.7. The normalized spacial score (nSPS) is 11.3. The number of Topliss-reactive ketones (excluding diaryl/α,β-unsaturated/α-hetero) is 1. The smallest absolute Gasteiger partial charge is 0.207 e. The zero-order chi connectivity index (χ0) is 8.69. The second-order valence-electron chi connectivity index (χ2n) is 2.19. The van der Waals surface area contributed by atoms with E-state index >= 15 is 0 Å². The van der Waals surface area contributed by atoms with Crippen molar-refractivity contribution in [3.8, 4) is 12.3 Å². The molecular formula is C8H11NO2. The highest BCUT2D eigenvalue weighted by Gasteiger charge is 2.10. The Balaban J connectivity index is 3.80. The minimum absolute atomic E-state index is 0.0626. The third-order valence-electron chi connectivity index (χ3n) is 1.34. The van der Waals surface area contributed by atoms with Crippen LogP contribution in [-0.2, 0) is 9.59 Å². The molecule has 11 heavy (non-hydrogen) atoms. The standard InChI is InChI=1S/C8H11NO2/c1-3-4-5-8(7(2)11)9-6-10/h1,6,8H,4-5H2,2H3,(H,9,10). The number of rotatable bonds is 5. The molecule has 1 atom stereocenters. The van der Waals surface area contributed by atoms with Crippen LogP contribution < -0.4 is 5.32 Å². The topological polar surface area (TPSA) is 46.2 Å². The van der Waals surface area contributed by atoms with Gasteiger partial charge in [-0.15, -0.1) is 12.3 Å². The molecular weight excluding hydrogens is 142 g/mol. The molecule has 0 aliphatic rings. The molecule has 1 unspecified atom stereocenters. The lowest BCUT2D eigenvalue weighted by atomic mass is 10.1. The van der Waals surface area contributed by atoms with E-state index in [2.05, 4.69) is 11.2 Å². The molecule has 0 saturated carbocycles. The van der Waals surface area contributed by atoms with Crippen LogP contribution in [0.1, 0.15) is 19.8 Å². The number of hydrogen-bond donors (Lipinski definition) is 1. The predicted molar refractivity (Wildman–Crippen MR) is 41.7 cm³/mol. The summed E-state index contributed by atoms with van der Waals surface area (Å²) in [7, 11) is 0. The maximum atomic E-state index is 10.7. The highest BCUT2D eigenvalue weighted by molar-refractivity contribution is 5.83. The molecule has 0 aromatic rings. The first-order valence-electron chi connectivity index (χ1n) is 3.36. The van der Waals surface area contributed by atoms with Gasteiger partial charge in [0.2, 0.25) is 6.41 Å². The second-order valence-corrected chi connectivity index (χ2v) is 2.19. The summed E-state index contributed by atoms with van der Waals surface area (Å²) in [6.07, 6.45) is 6.54. The van der Waals surface area contributed by atoms with E-state index in [4.69, 9.17) is 6.42 Å². The summed E-state index contributed by atoms with van der Waals surface area (Å²) in [4.78, 5) is 20.7. The number of nitrogens with one attached hydrogen (secondary N) is 1. The summed E-state index contributed by atoms with van der Waals surface area (Å²) in [6.45, 7) is 1.43. The van der Waals surface area contributed by atoms with E-state index in [1.54, 1.807) is 0 Å². The van der Waals surface area contributed by atoms with Crippen LogP contribution in [0, 0.1) is 12.3 Å². The van der Waals surface area contributed by atoms with Crippen molar-refractivity contribution in [2.24, 2.45) is 0 Å². The van der Waals surface area contributed by atoms with Crippen molar-refractivity contribution in [3.63, 3.8) is 0 Å². The van der Waals surface area contributed by atoms with Crippen molar-refractivity contribution in [3.05, 3.63) is 0 Å². The second kappa shape index (κ2) is 5.48. The van der Waals surface area contributed by atoms with Gasteiger partial charge in [-0.3, -0.25) is 9.59 Å². The molecule has 0 radical (unpaired) electrons. The summed E-state index contributed by atoms with van der Waals surface area (Å²) in [5.74, 6) is 2.34. The van der Waals surface area contributed by atoms with E-state index in [0.29, 0.717) is 19.3 Å². The largest absolute Gasteiger partial charge is 0.349 e. The first-order chi connectivity index (χ1) is 5.22. The van der Waals surface area contributed by atoms with Gasteiger partial charge in [-0.05, 0) is 13.3 Å². The average molecular weight is 153 g/mol. The lowest BCUT2D eigenvalue weighted by Gasteiger charge is -2.09. The molecule has 0 saturated heterocycles. The van der Waals surface area contributed by atoms with Crippen LogP contribution in [0.5, 0.6) is 0 Å². The molecule has 0 rings (SSSR count). The van der Waals surface area contributed by atoms with Crippen LogP contribution in [0.15, 0.2) is 0 Å². The quantitative estimate of drug-likeness (QED) is 0.450. The van der Waals surface area contributed by atoms with Gasteiger partial charge < -0.3 is 5.32 Å². The van der Waals surface area contributed by atoms with Crippen molar-refractivity contribution in [2.45, 2.75) is 25.8 Å². The zero-order valence-corrected chi connectivity index (χ0v) is 6.46. The Kier molecular flexibility index (Phi) is 4.83. The number of terminal acetylenes is 1. The van der Waals surface area contributed by atoms with E-state index in [9.17, 15) is 9.59 Å². The van der Waals surface area contributed by atoms with Crippen LogP contribution in [0.4, 0.5) is 0 Å². The zero-order valence-electron chi connectivity index (χ0n) is 6.46. The summed E-state index contributed by atoms with van der Waals surface area (Å²) >= 11 is 0. The minimum Gasteiger partial charge on any atom is -0.349 e. The fourth-order valence-corrected chi connectivity index (χ4v) is 0.714. The summed E-state index contributed by atoms with van der Waals surface area (Å²) in [6, 6.07) is -0.413. The molecule has 3 nitrogen and oxygen atoms in total. The van der Waals surface area contributed by atoms with E-state index in [1.165, 1.54) is 6.92 Å². The van der Waals surface area contributed by atoms with E-state index in [0.717, 1.165) is 0 Å². The van der Waals surface area contributed by atoms with Crippen molar-refractivity contribution < 1.29 is 9.59 Å². The van der Waals surface area contributed by atoms with Gasteiger partial charge in [-0.25, -0.2) is 0 Å². The van der Waals surface area contributed by atoms with Gasteiger partial charge in [0.05, 0.1) is 6.04 Å². The Morgan fingerprint density at radius 3 is 2.82 bits per heavy atom. The van der Waals surface area contributed by atoms with Crippen LogP contribution in [0.25, 0.3) is 0 Å². The molecule has 0 aromatic carbocycles. The lowest BCUT2D eigenvalue weighted by Crippen LogP contribution is -2.34. The molecule has 60 valence electrons. The number of ketones is 1. The van der Waals surface area contributed by atoms with Crippen LogP contribution in [0.2, 0.25) is 0 Å². The molecule has 0 aliphatic carbocycles. The number of hydrogen-bond acceptors (Lipinski definition) is 2. The van der Waals surface area contributed by atoms with Gasteiger partial charge in [-0.2, -0.15) is 0 Å². The lowest BCUT2D eigenvalue weighted by molar-refractivity contribution is -0.121. The van der Waals surface area contributed by atoms with Crippen LogP contribution in [-0.4, -0.2) is 18.2 Å². The van der Waals surface area contributed by atoms with Gasteiger partial charge >= 0.3 is 0 Å². The van der Waals surface area contributed by atoms with E-state index < -0.39 is 6.04 Å². The number of amides is 1. The molecule has 0 fully saturated rings. The predicted octanol–water partition coefficient (Wildman–Crippen LogP) is 0.103. The maximum Gasteiger partial charge on any atom is 0.207 e. The molecule has 3 heteroatoms. The fourth-order valence-electron chi connectivity index (χ4n) is 0.714. The summed E-state index contributed by atoms with van der Waals surface area (Å²) < 4.78 is 0. The van der Waals surface area contributed by atoms with E-state index in [-0.39, 0.29) is 5.78 Å². The van der Waals surface area contributed by atoms with Crippen LogP contribution in [0.3, 0.4) is 0 Å². The van der Waals surface area contributed by atoms with Crippen LogP contribution >= 0.6 is 0 Å². The first-order valence-corrected chi connectivity index (χ1v) is 3.36. The Bertz CT molecular complexity index is 181. The average Bonchev–Trinajstić information content (AvgIpc) is 1.97. The van der Waals surface area contributed by atoms with Crippen molar-refractivity contribution >= 4 is 12.2 Å². The van der Waals surface area contributed by atoms with Gasteiger partial charge in [0, 0.05) is 6.42 Å². The van der Waals surface area contributed by atoms with Gasteiger partial charge in [0.15, 0.2) is 5.78 Å². The minimum atomic E-state index is -0.413. The Morgan fingerprint density at radius 2 is 2.45 bits per heavy atom. The Labute approximate surface area is 66.2 Å². The van der Waals surface area contributed by atoms with Gasteiger partial charge in [0.25, 0.3) is 0 Å². The van der Waals surface area contributed by atoms with Gasteiger partial charge in [0.1, 0.15) is 0 Å². The highest BCUT2D eigenvalue weighted by atomic mass is 16.1. The molecule has 1 N–H and O–H groups in total. The molecule has 0 spiro atoms. The Hall–Kier alpha value is -1.30. The van der Waals surface area contributed by atoms with Crippen molar-refractivity contribution in [2.75, 3.05) is 0 Å². The molecule has 1 amide bonds. The third kappa shape index (κ3) is 4.15. The van der Waals surface area contributed by atoms with E-state index in [1.807, 2.05) is 0 Å². The number of carbonyl (C=O) groups excluding carboxylic acids is 2. The first kappa shape index (κ1) is 9.70. The molecule has 0 aromatic heterocycles. The number of carbonyl (C=O) groups is 2. The highest BCUT2D eigenvalue weighted by Crippen LogP contribution is 1.96. The molecule has 0 bridgehead atoms. The van der Waals surface area contributed by atoms with Crippen molar-refractivity contribution in [1.29, 1.82) is 0 Å². The SMILES string of the molecule is C#CCCC(NC=O)C(C)=O. The van der Waals surface area contributed by atoms with Crippen molar-refractivity contribution in [1.82, 2.24) is 5.32 Å². The Morgan fingerprint density at radius 1 is 1.82 bits per heavy atom. The summed E-state index contributed by atoms with van der Waals surface area (Å²) in [5.41, 5.74) is 0.